The van der Waals surface area contributed by atoms with Crippen LogP contribution in [0.25, 0.3) is 0 Å². The molecule has 3 amide bonds. The van der Waals surface area contributed by atoms with Gasteiger partial charge in [0, 0.05) is 31.4 Å². The highest BCUT2D eigenvalue weighted by atomic mass is 16.4. The van der Waals surface area contributed by atoms with Gasteiger partial charge in [-0.3, -0.25) is 24.4 Å². The number of aromatic amines is 1. The van der Waals surface area contributed by atoms with E-state index in [9.17, 15) is 29.4 Å². The van der Waals surface area contributed by atoms with E-state index < -0.39 is 54.0 Å². The second-order valence-corrected chi connectivity index (χ2v) is 8.97. The number of carbonyl (C=O) groups is 4. The smallest absolute Gasteiger partial charge is 0.326 e. The Hall–Kier alpha value is -4.45. The van der Waals surface area contributed by atoms with E-state index in [0.29, 0.717) is 12.1 Å². The van der Waals surface area contributed by atoms with Gasteiger partial charge in [0.25, 0.3) is 0 Å². The van der Waals surface area contributed by atoms with Gasteiger partial charge in [0.15, 0.2) is 11.9 Å². The fourth-order valence-corrected chi connectivity index (χ4v) is 3.44. The predicted octanol–water partition coefficient (Wildman–Crippen LogP) is -4.69. The Morgan fingerprint density at radius 2 is 1.50 bits per heavy atom. The van der Waals surface area contributed by atoms with Crippen LogP contribution in [0.4, 0.5) is 0 Å². The van der Waals surface area contributed by atoms with Crippen LogP contribution < -0.4 is 44.6 Å². The lowest BCUT2D eigenvalue weighted by Gasteiger charge is -2.26. The Labute approximate surface area is 230 Å². The van der Waals surface area contributed by atoms with Gasteiger partial charge in [-0.25, -0.2) is 9.78 Å². The number of carboxylic acid groups (broad SMARTS) is 1. The highest BCUT2D eigenvalue weighted by Crippen LogP contribution is 2.05. The molecular weight excluding hydrogens is 528 g/mol. The summed E-state index contributed by atoms with van der Waals surface area (Å²) in [4.78, 5) is 64.6. The number of carbonyl (C=O) groups excluding carboxylic acids is 3. The number of aliphatic hydroxyl groups excluding tert-OH is 1. The molecule has 1 rings (SSSR count). The molecule has 0 aliphatic heterocycles. The van der Waals surface area contributed by atoms with Crippen LogP contribution in [0.2, 0.25) is 0 Å². The first-order valence-corrected chi connectivity index (χ1v) is 12.5. The second kappa shape index (κ2) is 17.2. The lowest BCUT2D eigenvalue weighted by molar-refractivity contribution is -0.143. The molecule has 40 heavy (non-hydrogen) atoms. The van der Waals surface area contributed by atoms with Crippen LogP contribution >= 0.6 is 0 Å². The van der Waals surface area contributed by atoms with Crippen molar-refractivity contribution in [3.63, 3.8) is 0 Å². The molecule has 224 valence electrons. The molecule has 0 aromatic carbocycles. The molecule has 18 heteroatoms. The number of H-pyrrole nitrogens is 1. The normalized spacial score (nSPS) is 14.5. The van der Waals surface area contributed by atoms with E-state index >= 15 is 0 Å². The minimum Gasteiger partial charge on any atom is -0.480 e. The van der Waals surface area contributed by atoms with E-state index in [4.69, 9.17) is 28.7 Å². The average molecular weight is 569 g/mol. The Bertz CT molecular complexity index is 1020. The van der Waals surface area contributed by atoms with Gasteiger partial charge >= 0.3 is 5.97 Å². The summed E-state index contributed by atoms with van der Waals surface area (Å²) in [7, 11) is 0. The van der Waals surface area contributed by atoms with Gasteiger partial charge in [0.2, 0.25) is 17.7 Å². The van der Waals surface area contributed by atoms with E-state index in [-0.39, 0.29) is 50.7 Å². The zero-order valence-electron chi connectivity index (χ0n) is 22.2. The quantitative estimate of drug-likeness (QED) is 0.0452. The molecule has 16 N–H and O–H groups in total. The number of hydrogen-bond acceptors (Lipinski definition) is 9. The third kappa shape index (κ3) is 12.9. The van der Waals surface area contributed by atoms with Crippen LogP contribution in [0.3, 0.4) is 0 Å². The summed E-state index contributed by atoms with van der Waals surface area (Å²) in [5.74, 6) is -3.98. The van der Waals surface area contributed by atoms with E-state index in [1.165, 1.54) is 19.4 Å². The topological polar surface area (TPSA) is 328 Å². The van der Waals surface area contributed by atoms with Crippen LogP contribution in [0.5, 0.6) is 0 Å². The molecule has 1 heterocycles. The third-order valence-corrected chi connectivity index (χ3v) is 5.54. The molecule has 1 aromatic heterocycles. The Balaban J connectivity index is 2.94. The molecular formula is C22H40N12O6. The number of amides is 3. The fourth-order valence-electron chi connectivity index (χ4n) is 3.44. The van der Waals surface area contributed by atoms with E-state index in [1.54, 1.807) is 0 Å². The number of carboxylic acids is 1. The van der Waals surface area contributed by atoms with Crippen molar-refractivity contribution in [3.8, 4) is 0 Å². The molecule has 0 radical (unpaired) electrons. The van der Waals surface area contributed by atoms with Crippen LogP contribution in [-0.2, 0) is 25.6 Å². The number of aliphatic imine (C=N–C) groups is 2. The molecule has 5 atom stereocenters. The lowest BCUT2D eigenvalue weighted by Crippen LogP contribution is -2.60. The summed E-state index contributed by atoms with van der Waals surface area (Å²) in [5.41, 5.74) is 27.6. The van der Waals surface area contributed by atoms with Gasteiger partial charge in [0.05, 0.1) is 18.5 Å². The summed E-state index contributed by atoms with van der Waals surface area (Å²) in [6.45, 7) is 1.66. The largest absolute Gasteiger partial charge is 0.480 e. The minimum absolute atomic E-state index is 0.0563. The van der Waals surface area contributed by atoms with Crippen molar-refractivity contribution < 1.29 is 29.4 Å². The number of rotatable bonds is 18. The van der Waals surface area contributed by atoms with Crippen LogP contribution in [0.1, 0.15) is 38.3 Å². The average Bonchev–Trinajstić information content (AvgIpc) is 3.38. The fraction of sp³-hybridized carbons (Fsp3) is 0.591. The van der Waals surface area contributed by atoms with Crippen molar-refractivity contribution >= 4 is 35.6 Å². The van der Waals surface area contributed by atoms with E-state index in [1.807, 2.05) is 0 Å². The van der Waals surface area contributed by atoms with Crippen LogP contribution in [-0.4, -0.2) is 99.2 Å². The number of hydrogen-bond donors (Lipinski definition) is 11. The summed E-state index contributed by atoms with van der Waals surface area (Å²) in [6, 6.07) is -5.09. The maximum absolute atomic E-state index is 13.1. The van der Waals surface area contributed by atoms with Gasteiger partial charge in [-0.1, -0.05) is 0 Å². The summed E-state index contributed by atoms with van der Waals surface area (Å²) in [6.07, 6.45) is 2.17. The van der Waals surface area contributed by atoms with Crippen molar-refractivity contribution in [2.24, 2.45) is 38.7 Å². The van der Waals surface area contributed by atoms with Crippen molar-refractivity contribution in [1.29, 1.82) is 0 Å². The van der Waals surface area contributed by atoms with Crippen LogP contribution in [0.15, 0.2) is 22.5 Å². The second-order valence-electron chi connectivity index (χ2n) is 8.97. The number of aromatic nitrogens is 2. The van der Waals surface area contributed by atoms with Crippen molar-refractivity contribution in [1.82, 2.24) is 25.9 Å². The summed E-state index contributed by atoms with van der Waals surface area (Å²) < 4.78 is 0. The molecule has 0 aliphatic rings. The number of nitrogens with zero attached hydrogens (tertiary/aromatic N) is 3. The number of nitrogens with one attached hydrogen (secondary N) is 4. The number of nitrogens with two attached hydrogens (primary N) is 5. The van der Waals surface area contributed by atoms with Crippen LogP contribution in [0, 0.1) is 0 Å². The molecule has 0 saturated heterocycles. The molecule has 5 unspecified atom stereocenters. The third-order valence-electron chi connectivity index (χ3n) is 5.54. The number of aliphatic hydroxyl groups is 1. The highest BCUT2D eigenvalue weighted by Gasteiger charge is 2.32. The van der Waals surface area contributed by atoms with Gasteiger partial charge in [-0.2, -0.15) is 0 Å². The van der Waals surface area contributed by atoms with Crippen molar-refractivity contribution in [3.05, 3.63) is 18.2 Å². The first-order chi connectivity index (χ1) is 18.8. The Morgan fingerprint density at radius 3 is 2.00 bits per heavy atom. The van der Waals surface area contributed by atoms with E-state index in [2.05, 4.69) is 35.9 Å². The van der Waals surface area contributed by atoms with Gasteiger partial charge in [0.1, 0.15) is 18.1 Å². The molecule has 1 aromatic rings. The van der Waals surface area contributed by atoms with Gasteiger partial charge in [-0.15, -0.1) is 0 Å². The monoisotopic (exact) mass is 568 g/mol. The molecule has 0 aliphatic carbocycles. The molecule has 0 spiro atoms. The Kier molecular flexibility index (Phi) is 14.4. The number of aliphatic carboxylic acids is 1. The SMILES string of the molecule is CC(O)C(NC(=O)C(CCCN=C(N)N)NC(=O)C(N)CCCN=C(N)N)C(=O)NC(Cc1cnc[nH]1)C(=O)O. The number of imidazole rings is 1. The summed E-state index contributed by atoms with van der Waals surface area (Å²) in [5, 5.41) is 26.9. The van der Waals surface area contributed by atoms with Gasteiger partial charge in [-0.05, 0) is 32.6 Å². The highest BCUT2D eigenvalue weighted by molar-refractivity contribution is 5.94. The summed E-state index contributed by atoms with van der Waals surface area (Å²) >= 11 is 0. The maximum Gasteiger partial charge on any atom is 0.326 e. The predicted molar refractivity (Wildman–Crippen MR) is 145 cm³/mol. The minimum atomic E-state index is -1.54. The standard InChI is InChI=1S/C22H40N12O6/c1-11(35)16(19(38)33-15(20(39)40)8-12-9-28-10-31-12)34-18(37)14(5-3-7-30-22(26)27)32-17(36)13(23)4-2-6-29-21(24)25/h9-11,13-16,35H,2-8,23H2,1H3,(H,28,31)(H,32,36)(H,33,38)(H,34,37)(H,39,40)(H4,24,25,29)(H4,26,27,30). The van der Waals surface area contributed by atoms with Gasteiger partial charge < -0.3 is 59.8 Å². The Morgan fingerprint density at radius 1 is 0.925 bits per heavy atom. The molecule has 18 nitrogen and oxygen atoms in total. The lowest BCUT2D eigenvalue weighted by atomic mass is 10.1. The molecule has 0 bridgehead atoms. The van der Waals surface area contributed by atoms with E-state index in [0.717, 1.165) is 0 Å². The zero-order chi connectivity index (χ0) is 30.2. The number of guanidine groups is 2. The maximum atomic E-state index is 13.1. The first kappa shape index (κ1) is 33.6. The molecule has 0 fully saturated rings. The van der Waals surface area contributed by atoms with Crippen molar-refractivity contribution in [2.45, 2.75) is 69.3 Å². The van der Waals surface area contributed by atoms with Crippen molar-refractivity contribution in [2.75, 3.05) is 13.1 Å². The molecule has 0 saturated carbocycles. The first-order valence-electron chi connectivity index (χ1n) is 12.5. The zero-order valence-corrected chi connectivity index (χ0v) is 22.2.